The smallest absolute Gasteiger partial charge is 0.123 e. The summed E-state index contributed by atoms with van der Waals surface area (Å²) >= 11 is 0. The summed E-state index contributed by atoms with van der Waals surface area (Å²) in [5.41, 5.74) is -0.920. The van der Waals surface area contributed by atoms with Crippen LogP contribution in [0.15, 0.2) is 0 Å². The summed E-state index contributed by atoms with van der Waals surface area (Å²) in [6.07, 6.45) is 3.46. The molecule has 1 saturated heterocycles. The van der Waals surface area contributed by atoms with Crippen LogP contribution in [0.3, 0.4) is 0 Å². The summed E-state index contributed by atoms with van der Waals surface area (Å²) < 4.78 is 14.0. The van der Waals surface area contributed by atoms with Crippen LogP contribution in [0.2, 0.25) is 0 Å². The second-order valence-electron chi connectivity index (χ2n) is 4.90. The maximum atomic E-state index is 14.0. The van der Waals surface area contributed by atoms with Crippen LogP contribution >= 0.6 is 0 Å². The van der Waals surface area contributed by atoms with E-state index in [1.54, 1.807) is 0 Å². The minimum absolute atomic E-state index is 0.503. The van der Waals surface area contributed by atoms with E-state index in [9.17, 15) is 4.39 Å². The molecule has 78 valence electrons. The number of halogens is 1. The van der Waals surface area contributed by atoms with Crippen LogP contribution in [-0.2, 0) is 0 Å². The molecule has 1 rings (SSSR count). The van der Waals surface area contributed by atoms with Gasteiger partial charge in [0.05, 0.1) is 0 Å². The summed E-state index contributed by atoms with van der Waals surface area (Å²) in [7, 11) is 0. The van der Waals surface area contributed by atoms with Gasteiger partial charge in [-0.25, -0.2) is 4.39 Å². The van der Waals surface area contributed by atoms with Gasteiger partial charge in [-0.3, -0.25) is 0 Å². The van der Waals surface area contributed by atoms with Gasteiger partial charge in [-0.05, 0) is 38.5 Å². The highest BCUT2D eigenvalue weighted by molar-refractivity contribution is 4.88. The molecule has 2 heteroatoms. The van der Waals surface area contributed by atoms with Gasteiger partial charge in [0.1, 0.15) is 5.67 Å². The Kier molecular flexibility index (Phi) is 3.72. The second-order valence-corrected chi connectivity index (χ2v) is 4.90. The van der Waals surface area contributed by atoms with Crippen LogP contribution in [0.25, 0.3) is 0 Å². The Morgan fingerprint density at radius 2 is 2.23 bits per heavy atom. The Bertz CT molecular complexity index is 148. The summed E-state index contributed by atoms with van der Waals surface area (Å²) in [6.45, 7) is 6.99. The SMILES string of the molecule is CC(C)CCC1(F)CCC(C)NC1. The first kappa shape index (κ1) is 11.0. The normalized spacial score (nSPS) is 35.3. The van der Waals surface area contributed by atoms with E-state index in [0.29, 0.717) is 18.5 Å². The van der Waals surface area contributed by atoms with E-state index in [1.165, 1.54) is 0 Å². The van der Waals surface area contributed by atoms with Crippen LogP contribution in [0.5, 0.6) is 0 Å². The van der Waals surface area contributed by atoms with Crippen molar-refractivity contribution >= 4 is 0 Å². The maximum Gasteiger partial charge on any atom is 0.123 e. The molecule has 0 amide bonds. The average Bonchev–Trinajstić information content (AvgIpc) is 2.08. The molecule has 0 saturated carbocycles. The molecule has 1 heterocycles. The van der Waals surface area contributed by atoms with Gasteiger partial charge in [0, 0.05) is 12.6 Å². The Morgan fingerprint density at radius 3 is 2.69 bits per heavy atom. The molecule has 0 aromatic carbocycles. The highest BCUT2D eigenvalue weighted by atomic mass is 19.1. The third-order valence-corrected chi connectivity index (χ3v) is 2.96. The van der Waals surface area contributed by atoms with Crippen LogP contribution in [0.4, 0.5) is 4.39 Å². The van der Waals surface area contributed by atoms with Crippen molar-refractivity contribution in [1.82, 2.24) is 5.32 Å². The summed E-state index contributed by atoms with van der Waals surface area (Å²) in [4.78, 5) is 0. The number of alkyl halides is 1. The average molecular weight is 187 g/mol. The molecule has 0 spiro atoms. The van der Waals surface area contributed by atoms with Crippen molar-refractivity contribution in [2.45, 2.75) is 58.2 Å². The van der Waals surface area contributed by atoms with E-state index < -0.39 is 5.67 Å². The zero-order valence-corrected chi connectivity index (χ0v) is 9.07. The number of hydrogen-bond acceptors (Lipinski definition) is 1. The molecule has 0 aliphatic carbocycles. The molecule has 0 bridgehead atoms. The third-order valence-electron chi connectivity index (χ3n) is 2.96. The molecule has 1 aliphatic heterocycles. The minimum Gasteiger partial charge on any atom is -0.311 e. The van der Waals surface area contributed by atoms with Crippen molar-refractivity contribution < 1.29 is 4.39 Å². The Balaban J connectivity index is 2.30. The van der Waals surface area contributed by atoms with E-state index >= 15 is 0 Å². The molecular weight excluding hydrogens is 165 g/mol. The molecule has 1 fully saturated rings. The van der Waals surface area contributed by atoms with Gasteiger partial charge >= 0.3 is 0 Å². The molecule has 1 N–H and O–H groups in total. The molecule has 1 aliphatic rings. The summed E-state index contributed by atoms with van der Waals surface area (Å²) in [6, 6.07) is 0.503. The van der Waals surface area contributed by atoms with Gasteiger partial charge < -0.3 is 5.32 Å². The van der Waals surface area contributed by atoms with Gasteiger partial charge in [0.2, 0.25) is 0 Å². The van der Waals surface area contributed by atoms with Crippen molar-refractivity contribution in [3.8, 4) is 0 Å². The summed E-state index contributed by atoms with van der Waals surface area (Å²) in [5, 5.41) is 3.22. The quantitative estimate of drug-likeness (QED) is 0.716. The van der Waals surface area contributed by atoms with Gasteiger partial charge in [0.15, 0.2) is 0 Å². The van der Waals surface area contributed by atoms with Gasteiger partial charge in [0.25, 0.3) is 0 Å². The van der Waals surface area contributed by atoms with Crippen molar-refractivity contribution in [3.63, 3.8) is 0 Å². The standard InChI is InChI=1S/C11H22FN/c1-9(2)4-6-11(12)7-5-10(3)13-8-11/h9-10,13H,4-8H2,1-3H3. The van der Waals surface area contributed by atoms with E-state index in [-0.39, 0.29) is 0 Å². The Labute approximate surface area is 81.1 Å². The van der Waals surface area contributed by atoms with Crippen LogP contribution in [0, 0.1) is 5.92 Å². The Morgan fingerprint density at radius 1 is 1.54 bits per heavy atom. The molecule has 0 radical (unpaired) electrons. The summed E-state index contributed by atoms with van der Waals surface area (Å²) in [5.74, 6) is 0.618. The van der Waals surface area contributed by atoms with Crippen LogP contribution < -0.4 is 5.32 Å². The third kappa shape index (κ3) is 3.63. The largest absolute Gasteiger partial charge is 0.311 e. The lowest BCUT2D eigenvalue weighted by molar-refractivity contribution is 0.0905. The first-order chi connectivity index (χ1) is 6.02. The molecule has 0 aromatic rings. The van der Waals surface area contributed by atoms with Crippen molar-refractivity contribution in [2.24, 2.45) is 5.92 Å². The van der Waals surface area contributed by atoms with E-state index in [2.05, 4.69) is 26.1 Å². The van der Waals surface area contributed by atoms with Gasteiger partial charge in [-0.2, -0.15) is 0 Å². The number of rotatable bonds is 3. The van der Waals surface area contributed by atoms with Crippen molar-refractivity contribution in [2.75, 3.05) is 6.54 Å². The molecular formula is C11H22FN. The zero-order valence-electron chi connectivity index (χ0n) is 9.07. The topological polar surface area (TPSA) is 12.0 Å². The predicted molar refractivity (Wildman–Crippen MR) is 54.6 cm³/mol. The number of piperidine rings is 1. The number of hydrogen-bond donors (Lipinski definition) is 1. The first-order valence-corrected chi connectivity index (χ1v) is 5.44. The minimum atomic E-state index is -0.920. The number of nitrogens with one attached hydrogen (secondary N) is 1. The van der Waals surface area contributed by atoms with Crippen LogP contribution in [-0.4, -0.2) is 18.3 Å². The first-order valence-electron chi connectivity index (χ1n) is 5.44. The highest BCUT2D eigenvalue weighted by Gasteiger charge is 2.33. The fourth-order valence-corrected chi connectivity index (χ4v) is 1.78. The monoisotopic (exact) mass is 187 g/mol. The Hall–Kier alpha value is -0.110. The lowest BCUT2D eigenvalue weighted by atomic mass is 9.87. The lowest BCUT2D eigenvalue weighted by Crippen LogP contribution is -2.46. The van der Waals surface area contributed by atoms with Gasteiger partial charge in [-0.1, -0.05) is 13.8 Å². The second kappa shape index (κ2) is 4.41. The van der Waals surface area contributed by atoms with E-state index in [4.69, 9.17) is 0 Å². The molecule has 1 nitrogen and oxygen atoms in total. The highest BCUT2D eigenvalue weighted by Crippen LogP contribution is 2.29. The molecule has 2 atom stereocenters. The predicted octanol–water partition coefficient (Wildman–Crippen LogP) is 2.90. The molecule has 2 unspecified atom stereocenters. The fourth-order valence-electron chi connectivity index (χ4n) is 1.78. The van der Waals surface area contributed by atoms with E-state index in [0.717, 1.165) is 25.7 Å². The fraction of sp³-hybridized carbons (Fsp3) is 1.00. The van der Waals surface area contributed by atoms with Crippen LogP contribution in [0.1, 0.15) is 46.5 Å². The van der Waals surface area contributed by atoms with E-state index in [1.807, 2.05) is 0 Å². The van der Waals surface area contributed by atoms with Gasteiger partial charge in [-0.15, -0.1) is 0 Å². The van der Waals surface area contributed by atoms with Crippen molar-refractivity contribution in [3.05, 3.63) is 0 Å². The molecule has 0 aromatic heterocycles. The van der Waals surface area contributed by atoms with Crippen molar-refractivity contribution in [1.29, 1.82) is 0 Å². The zero-order chi connectivity index (χ0) is 9.90. The molecule has 13 heavy (non-hydrogen) atoms. The maximum absolute atomic E-state index is 14.0. The lowest BCUT2D eigenvalue weighted by Gasteiger charge is -2.34.